The van der Waals surface area contributed by atoms with Gasteiger partial charge in [-0.05, 0) is 43.5 Å². The molecule has 0 amide bonds. The van der Waals surface area contributed by atoms with Crippen LogP contribution in [0.1, 0.15) is 23.2 Å². The molecule has 2 aliphatic heterocycles. The normalized spacial score (nSPS) is 19.9. The maximum absolute atomic E-state index is 15.1. The van der Waals surface area contributed by atoms with E-state index in [-0.39, 0.29) is 41.0 Å². The highest BCUT2D eigenvalue weighted by molar-refractivity contribution is 5.92. The highest BCUT2D eigenvalue weighted by atomic mass is 35.5. The van der Waals surface area contributed by atoms with Crippen LogP contribution in [0.5, 0.6) is 0 Å². The average Bonchev–Trinajstić information content (AvgIpc) is 3.18. The van der Waals surface area contributed by atoms with E-state index in [1.54, 1.807) is 4.90 Å². The minimum atomic E-state index is -1.55. The van der Waals surface area contributed by atoms with Gasteiger partial charge in [-0.3, -0.25) is 9.36 Å². The molecule has 2 aromatic heterocycles. The summed E-state index contributed by atoms with van der Waals surface area (Å²) < 4.78 is 44.2. The summed E-state index contributed by atoms with van der Waals surface area (Å²) >= 11 is 0. The molecule has 174 valence electrons. The van der Waals surface area contributed by atoms with Crippen LogP contribution in [0.4, 0.5) is 19.0 Å². The topological polar surface area (TPSA) is 87.5 Å². The van der Waals surface area contributed by atoms with E-state index in [1.165, 1.54) is 0 Å². The Kier molecular flexibility index (Phi) is 6.06. The molecule has 1 aromatic carbocycles. The zero-order valence-corrected chi connectivity index (χ0v) is 18.0. The van der Waals surface area contributed by atoms with Gasteiger partial charge in [-0.15, -0.1) is 12.4 Å². The van der Waals surface area contributed by atoms with Gasteiger partial charge in [0, 0.05) is 31.4 Å². The molecule has 7 nitrogen and oxygen atoms in total. The van der Waals surface area contributed by atoms with Crippen LogP contribution in [0.2, 0.25) is 0 Å². The number of halogens is 4. The lowest BCUT2D eigenvalue weighted by Gasteiger charge is -2.24. The van der Waals surface area contributed by atoms with Gasteiger partial charge in [0.05, 0.1) is 11.1 Å². The van der Waals surface area contributed by atoms with Gasteiger partial charge < -0.3 is 15.3 Å². The van der Waals surface area contributed by atoms with Crippen molar-refractivity contribution in [1.29, 1.82) is 0 Å². The number of benzene rings is 1. The Morgan fingerprint density at radius 2 is 1.94 bits per heavy atom. The summed E-state index contributed by atoms with van der Waals surface area (Å²) in [5.41, 5.74) is -1.92. The highest BCUT2D eigenvalue weighted by Crippen LogP contribution is 2.31. The van der Waals surface area contributed by atoms with Crippen molar-refractivity contribution in [3.05, 3.63) is 63.7 Å². The summed E-state index contributed by atoms with van der Waals surface area (Å²) in [5, 5.41) is 12.5. The summed E-state index contributed by atoms with van der Waals surface area (Å²) in [6.07, 6.45) is 2.98. The number of carboxylic acid groups (broad SMARTS) is 1. The second-order valence-electron chi connectivity index (χ2n) is 8.18. The summed E-state index contributed by atoms with van der Waals surface area (Å²) in [5.74, 6) is -3.76. The van der Waals surface area contributed by atoms with Crippen molar-refractivity contribution in [2.24, 2.45) is 5.92 Å². The third kappa shape index (κ3) is 3.93. The van der Waals surface area contributed by atoms with Gasteiger partial charge in [0.15, 0.2) is 17.3 Å². The molecule has 5 rings (SSSR count). The number of carboxylic acids is 1. The summed E-state index contributed by atoms with van der Waals surface area (Å²) in [6.45, 7) is 2.00. The van der Waals surface area contributed by atoms with Crippen molar-refractivity contribution >= 4 is 35.2 Å². The second-order valence-corrected chi connectivity index (χ2v) is 8.18. The predicted octanol–water partition coefficient (Wildman–Crippen LogP) is 3.11. The molecule has 2 N–H and O–H groups in total. The van der Waals surface area contributed by atoms with Crippen molar-refractivity contribution < 1.29 is 23.1 Å². The number of piperidine rings is 1. The lowest BCUT2D eigenvalue weighted by Crippen LogP contribution is -2.40. The number of fused-ring (bicyclic) bond motifs is 2. The van der Waals surface area contributed by atoms with E-state index in [2.05, 4.69) is 10.3 Å². The number of aromatic carboxylic acids is 1. The predicted molar refractivity (Wildman–Crippen MR) is 118 cm³/mol. The van der Waals surface area contributed by atoms with E-state index < -0.39 is 34.4 Å². The zero-order valence-electron chi connectivity index (χ0n) is 17.2. The van der Waals surface area contributed by atoms with Crippen LogP contribution < -0.4 is 15.6 Å². The summed E-state index contributed by atoms with van der Waals surface area (Å²) in [7, 11) is 0. The van der Waals surface area contributed by atoms with Gasteiger partial charge in [0.25, 0.3) is 0 Å². The third-order valence-corrected chi connectivity index (χ3v) is 6.21. The summed E-state index contributed by atoms with van der Waals surface area (Å²) in [4.78, 5) is 30.4. The molecule has 2 aliphatic rings. The third-order valence-electron chi connectivity index (χ3n) is 6.21. The number of rotatable bonds is 3. The Bertz CT molecular complexity index is 1300. The van der Waals surface area contributed by atoms with E-state index in [0.717, 1.165) is 48.3 Å². The minimum Gasteiger partial charge on any atom is -0.477 e. The first-order valence-electron chi connectivity index (χ1n) is 10.3. The minimum absolute atomic E-state index is 0. The number of pyridine rings is 2. The molecule has 0 spiro atoms. The second kappa shape index (κ2) is 8.68. The maximum Gasteiger partial charge on any atom is 0.341 e. The number of carbonyl (C=O) groups is 1. The fraction of sp³-hybridized carbons (Fsp3) is 0.318. The lowest BCUT2D eigenvalue weighted by molar-refractivity contribution is 0.0695. The van der Waals surface area contributed by atoms with Crippen LogP contribution in [-0.4, -0.2) is 46.3 Å². The largest absolute Gasteiger partial charge is 0.477 e. The Morgan fingerprint density at radius 3 is 2.64 bits per heavy atom. The maximum atomic E-state index is 15.1. The van der Waals surface area contributed by atoms with Crippen LogP contribution in [-0.2, 0) is 0 Å². The Balaban J connectivity index is 0.00000259. The standard InChI is InChI=1S/C22H19F3N4O3.ClH/c23-12-3-4-18(15(24)6-12)29-9-14(22(31)32)19(30)13-7-16(25)21(27-20(13)29)28-8-11-2-1-5-26-17(11)10-28;/h3-4,6-7,9,11,17,26H,1-2,5,8,10H2,(H,31,32);1H. The molecule has 0 aliphatic carbocycles. The number of nitrogens with one attached hydrogen (secondary N) is 1. The first-order valence-corrected chi connectivity index (χ1v) is 10.3. The number of nitrogens with zero attached hydrogens (tertiary/aromatic N) is 3. The average molecular weight is 481 g/mol. The lowest BCUT2D eigenvalue weighted by atomic mass is 9.94. The SMILES string of the molecule is Cl.O=C(O)c1cn(-c2ccc(F)cc2F)c2nc(N3CC4CCCNC4C3)c(F)cc2c1=O. The van der Waals surface area contributed by atoms with Crippen LogP contribution in [0, 0.1) is 23.4 Å². The van der Waals surface area contributed by atoms with Crippen molar-refractivity contribution in [3.8, 4) is 5.69 Å². The van der Waals surface area contributed by atoms with Crippen LogP contribution >= 0.6 is 12.4 Å². The molecule has 0 bridgehead atoms. The van der Waals surface area contributed by atoms with Gasteiger partial charge in [-0.1, -0.05) is 0 Å². The molecule has 0 saturated carbocycles. The van der Waals surface area contributed by atoms with Gasteiger partial charge in [0.1, 0.15) is 17.2 Å². The van der Waals surface area contributed by atoms with Crippen LogP contribution in [0.3, 0.4) is 0 Å². The molecule has 33 heavy (non-hydrogen) atoms. The molecular formula is C22H20ClF3N4O3. The van der Waals surface area contributed by atoms with E-state index in [4.69, 9.17) is 0 Å². The van der Waals surface area contributed by atoms with Gasteiger partial charge in [-0.2, -0.15) is 0 Å². The monoisotopic (exact) mass is 480 g/mol. The quantitative estimate of drug-likeness (QED) is 0.599. The Hall–Kier alpha value is -3.11. The van der Waals surface area contributed by atoms with Gasteiger partial charge in [-0.25, -0.2) is 22.9 Å². The van der Waals surface area contributed by atoms with Gasteiger partial charge in [0.2, 0.25) is 5.43 Å². The van der Waals surface area contributed by atoms with Gasteiger partial charge >= 0.3 is 5.97 Å². The number of hydrogen-bond donors (Lipinski definition) is 2. The van der Waals surface area contributed by atoms with Crippen molar-refractivity contribution in [3.63, 3.8) is 0 Å². The van der Waals surface area contributed by atoms with E-state index in [1.807, 2.05) is 0 Å². The molecule has 2 saturated heterocycles. The summed E-state index contributed by atoms with van der Waals surface area (Å²) in [6, 6.07) is 3.90. The van der Waals surface area contributed by atoms with Crippen molar-refractivity contribution in [2.45, 2.75) is 18.9 Å². The first kappa shape index (κ1) is 23.1. The highest BCUT2D eigenvalue weighted by Gasteiger charge is 2.36. The molecule has 11 heteroatoms. The van der Waals surface area contributed by atoms with Crippen LogP contribution in [0.15, 0.2) is 35.3 Å². The number of aromatic nitrogens is 2. The molecule has 4 heterocycles. The van der Waals surface area contributed by atoms with Crippen molar-refractivity contribution in [1.82, 2.24) is 14.9 Å². The molecule has 2 atom stereocenters. The van der Waals surface area contributed by atoms with Crippen molar-refractivity contribution in [2.75, 3.05) is 24.5 Å². The van der Waals surface area contributed by atoms with Crippen LogP contribution in [0.25, 0.3) is 16.7 Å². The zero-order chi connectivity index (χ0) is 22.6. The fourth-order valence-corrected chi connectivity index (χ4v) is 4.67. The first-order chi connectivity index (χ1) is 15.3. The molecule has 2 unspecified atom stereocenters. The molecule has 2 fully saturated rings. The molecule has 0 radical (unpaired) electrons. The molecular weight excluding hydrogens is 461 g/mol. The number of anilines is 1. The Labute approximate surface area is 192 Å². The molecule has 3 aromatic rings. The Morgan fingerprint density at radius 1 is 1.15 bits per heavy atom. The van der Waals surface area contributed by atoms with E-state index in [9.17, 15) is 23.5 Å². The fourth-order valence-electron chi connectivity index (χ4n) is 4.67. The van der Waals surface area contributed by atoms with E-state index >= 15 is 4.39 Å². The smallest absolute Gasteiger partial charge is 0.341 e. The number of hydrogen-bond acceptors (Lipinski definition) is 5. The van der Waals surface area contributed by atoms with E-state index in [0.29, 0.717) is 25.1 Å².